The van der Waals surface area contributed by atoms with Crippen LogP contribution in [0, 0.1) is 5.92 Å². The highest BCUT2D eigenvalue weighted by Gasteiger charge is 2.21. The second-order valence-corrected chi connectivity index (χ2v) is 7.79. The number of fused-ring (bicyclic) bond motifs is 1. The van der Waals surface area contributed by atoms with Gasteiger partial charge in [0.1, 0.15) is 11.4 Å². The van der Waals surface area contributed by atoms with Crippen molar-refractivity contribution >= 4 is 28.4 Å². The summed E-state index contributed by atoms with van der Waals surface area (Å²) in [6.07, 6.45) is 3.71. The smallest absolute Gasteiger partial charge is 0.243 e. The molecule has 158 valence electrons. The number of para-hydroxylation sites is 2. The van der Waals surface area contributed by atoms with Gasteiger partial charge < -0.3 is 25.0 Å². The third-order valence-corrected chi connectivity index (χ3v) is 5.69. The van der Waals surface area contributed by atoms with E-state index in [1.165, 1.54) is 0 Å². The molecule has 7 heteroatoms. The summed E-state index contributed by atoms with van der Waals surface area (Å²) in [7, 11) is 0. The molecule has 4 aromatic rings. The van der Waals surface area contributed by atoms with E-state index in [-0.39, 0.29) is 6.61 Å². The number of aliphatic hydroxyl groups is 1. The first kappa shape index (κ1) is 19.4. The van der Waals surface area contributed by atoms with Crippen molar-refractivity contribution in [2.75, 3.05) is 29.9 Å². The average molecular weight is 415 g/mol. The number of nitrogens with one attached hydrogen (secondary N) is 2. The van der Waals surface area contributed by atoms with Crippen molar-refractivity contribution in [3.8, 4) is 11.6 Å². The van der Waals surface area contributed by atoms with E-state index in [0.29, 0.717) is 17.7 Å². The topological polar surface area (TPSA) is 86.3 Å². The quantitative estimate of drug-likeness (QED) is 0.423. The van der Waals surface area contributed by atoms with E-state index in [4.69, 9.17) is 4.74 Å². The maximum absolute atomic E-state index is 9.38. The molecule has 3 N–H and O–H groups in total. The van der Waals surface area contributed by atoms with Gasteiger partial charge in [0.2, 0.25) is 11.8 Å². The fourth-order valence-electron chi connectivity index (χ4n) is 3.92. The van der Waals surface area contributed by atoms with Gasteiger partial charge in [-0.05, 0) is 67.3 Å². The number of pyridine rings is 1. The fourth-order valence-corrected chi connectivity index (χ4v) is 3.92. The zero-order valence-corrected chi connectivity index (χ0v) is 17.2. The predicted octanol–water partition coefficient (Wildman–Crippen LogP) is 4.70. The Labute approximate surface area is 180 Å². The summed E-state index contributed by atoms with van der Waals surface area (Å²) in [6, 6.07) is 19.7. The van der Waals surface area contributed by atoms with Crippen LogP contribution in [0.3, 0.4) is 0 Å². The maximum Gasteiger partial charge on any atom is 0.243 e. The molecule has 7 nitrogen and oxygen atoms in total. The van der Waals surface area contributed by atoms with Crippen molar-refractivity contribution in [2.24, 2.45) is 5.92 Å². The highest BCUT2D eigenvalue weighted by atomic mass is 16.5. The third-order valence-electron chi connectivity index (χ3n) is 5.69. The van der Waals surface area contributed by atoms with Gasteiger partial charge >= 0.3 is 0 Å². The van der Waals surface area contributed by atoms with Crippen LogP contribution in [0.5, 0.6) is 11.6 Å². The second kappa shape index (κ2) is 8.65. The second-order valence-electron chi connectivity index (χ2n) is 7.79. The number of nitrogens with zero attached hydrogens (tertiary/aromatic N) is 3. The van der Waals surface area contributed by atoms with Crippen molar-refractivity contribution in [2.45, 2.75) is 12.8 Å². The molecule has 0 bridgehead atoms. The van der Waals surface area contributed by atoms with Crippen molar-refractivity contribution in [3.05, 3.63) is 66.9 Å². The molecule has 0 saturated carbocycles. The van der Waals surface area contributed by atoms with Crippen LogP contribution in [-0.4, -0.2) is 39.8 Å². The third kappa shape index (κ3) is 4.32. The Balaban J connectivity index is 1.28. The van der Waals surface area contributed by atoms with Crippen LogP contribution in [0.4, 0.5) is 17.3 Å². The summed E-state index contributed by atoms with van der Waals surface area (Å²) in [5.41, 5.74) is 3.83. The van der Waals surface area contributed by atoms with Gasteiger partial charge in [-0.1, -0.05) is 12.1 Å². The summed E-state index contributed by atoms with van der Waals surface area (Å²) >= 11 is 0. The molecule has 0 aliphatic carbocycles. The van der Waals surface area contributed by atoms with Crippen LogP contribution >= 0.6 is 0 Å². The minimum atomic E-state index is 0.263. The number of rotatable bonds is 6. The SMILES string of the molecule is OCC1CCN(c2cccnc2Oc2ccc(Nc3nc4ccccc4[nH]3)cc2)CC1. The van der Waals surface area contributed by atoms with Gasteiger partial charge in [-0.2, -0.15) is 0 Å². The van der Waals surface area contributed by atoms with Crippen LogP contribution in [-0.2, 0) is 0 Å². The molecule has 2 aromatic heterocycles. The van der Waals surface area contributed by atoms with Gasteiger partial charge in [0, 0.05) is 31.6 Å². The number of hydrogen-bond donors (Lipinski definition) is 3. The van der Waals surface area contributed by atoms with Crippen LogP contribution in [0.15, 0.2) is 66.9 Å². The highest BCUT2D eigenvalue weighted by Crippen LogP contribution is 2.33. The van der Waals surface area contributed by atoms with Gasteiger partial charge in [-0.15, -0.1) is 0 Å². The van der Waals surface area contributed by atoms with Gasteiger partial charge in [-0.25, -0.2) is 9.97 Å². The maximum atomic E-state index is 9.38. The van der Waals surface area contributed by atoms with E-state index < -0.39 is 0 Å². The minimum Gasteiger partial charge on any atom is -0.437 e. The number of aromatic nitrogens is 3. The number of anilines is 3. The summed E-state index contributed by atoms with van der Waals surface area (Å²) in [5, 5.41) is 12.7. The first-order chi connectivity index (χ1) is 15.3. The molecule has 0 amide bonds. The largest absolute Gasteiger partial charge is 0.437 e. The number of aliphatic hydroxyl groups excluding tert-OH is 1. The molecule has 1 aliphatic rings. The van der Waals surface area contributed by atoms with Crippen molar-refractivity contribution in [3.63, 3.8) is 0 Å². The molecule has 5 rings (SSSR count). The lowest BCUT2D eigenvalue weighted by Gasteiger charge is -2.33. The molecule has 2 aromatic carbocycles. The normalized spacial score (nSPS) is 14.7. The molecule has 0 spiro atoms. The first-order valence-corrected chi connectivity index (χ1v) is 10.6. The number of benzene rings is 2. The Morgan fingerprint density at radius 1 is 1.03 bits per heavy atom. The lowest BCUT2D eigenvalue weighted by atomic mass is 9.97. The Morgan fingerprint density at radius 3 is 2.61 bits per heavy atom. The van der Waals surface area contributed by atoms with Crippen molar-refractivity contribution < 1.29 is 9.84 Å². The van der Waals surface area contributed by atoms with Gasteiger partial charge in [-0.3, -0.25) is 0 Å². The lowest BCUT2D eigenvalue weighted by molar-refractivity contribution is 0.203. The Hall–Kier alpha value is -3.58. The molecular weight excluding hydrogens is 390 g/mol. The van der Waals surface area contributed by atoms with E-state index in [2.05, 4.69) is 25.2 Å². The van der Waals surface area contributed by atoms with Crippen LogP contribution in [0.25, 0.3) is 11.0 Å². The first-order valence-electron chi connectivity index (χ1n) is 10.6. The number of piperidine rings is 1. The van der Waals surface area contributed by atoms with Gasteiger partial charge in [0.05, 0.1) is 11.0 Å². The zero-order valence-electron chi connectivity index (χ0n) is 17.2. The van der Waals surface area contributed by atoms with E-state index >= 15 is 0 Å². The average Bonchev–Trinajstić information content (AvgIpc) is 3.23. The van der Waals surface area contributed by atoms with Crippen molar-refractivity contribution in [1.82, 2.24) is 15.0 Å². The predicted molar refractivity (Wildman–Crippen MR) is 122 cm³/mol. The molecule has 1 aliphatic heterocycles. The Bertz CT molecular complexity index is 1120. The molecule has 0 radical (unpaired) electrons. The number of hydrogen-bond acceptors (Lipinski definition) is 6. The van der Waals surface area contributed by atoms with Crippen LogP contribution in [0.2, 0.25) is 0 Å². The van der Waals surface area contributed by atoms with Gasteiger partial charge in [0.15, 0.2) is 0 Å². The highest BCUT2D eigenvalue weighted by molar-refractivity contribution is 5.78. The van der Waals surface area contributed by atoms with E-state index in [1.807, 2.05) is 60.7 Å². The summed E-state index contributed by atoms with van der Waals surface area (Å²) in [5.74, 6) is 2.42. The Morgan fingerprint density at radius 2 is 1.84 bits per heavy atom. The number of imidazole rings is 1. The number of aromatic amines is 1. The summed E-state index contributed by atoms with van der Waals surface area (Å²) in [6.45, 7) is 2.06. The fraction of sp³-hybridized carbons (Fsp3) is 0.250. The van der Waals surface area contributed by atoms with Crippen LogP contribution < -0.4 is 15.0 Å². The lowest BCUT2D eigenvalue weighted by Crippen LogP contribution is -2.35. The Kier molecular flexibility index (Phi) is 5.41. The molecular formula is C24H25N5O2. The molecule has 1 fully saturated rings. The summed E-state index contributed by atoms with van der Waals surface area (Å²) in [4.78, 5) is 14.6. The number of ether oxygens (including phenoxy) is 1. The zero-order chi connectivity index (χ0) is 21.0. The standard InChI is InChI=1S/C24H25N5O2/c30-16-17-11-14-29(15-12-17)22-6-3-13-25-23(22)31-19-9-7-18(8-10-19)26-24-27-20-4-1-2-5-21(20)28-24/h1-10,13,17,30H,11-12,14-16H2,(H2,26,27,28). The molecule has 0 unspecified atom stereocenters. The molecule has 1 saturated heterocycles. The van der Waals surface area contributed by atoms with E-state index in [1.54, 1.807) is 6.20 Å². The summed E-state index contributed by atoms with van der Waals surface area (Å²) < 4.78 is 6.12. The monoisotopic (exact) mass is 415 g/mol. The van der Waals surface area contributed by atoms with E-state index in [9.17, 15) is 5.11 Å². The van der Waals surface area contributed by atoms with Crippen molar-refractivity contribution in [1.29, 1.82) is 0 Å². The molecule has 31 heavy (non-hydrogen) atoms. The molecule has 3 heterocycles. The minimum absolute atomic E-state index is 0.263. The van der Waals surface area contributed by atoms with Gasteiger partial charge in [0.25, 0.3) is 0 Å². The number of H-pyrrole nitrogens is 1. The van der Waals surface area contributed by atoms with E-state index in [0.717, 1.165) is 54.1 Å². The van der Waals surface area contributed by atoms with Crippen LogP contribution in [0.1, 0.15) is 12.8 Å². The molecule has 0 atom stereocenters.